The van der Waals surface area contributed by atoms with Gasteiger partial charge in [-0.2, -0.15) is 0 Å². The topological polar surface area (TPSA) is 18.5 Å². The number of nitrogens with zero attached hydrogens (tertiary/aromatic N) is 2. The van der Waals surface area contributed by atoms with Gasteiger partial charge in [0.25, 0.3) is 0 Å². The molecule has 1 aromatic carbocycles. The van der Waals surface area contributed by atoms with Gasteiger partial charge in [-0.1, -0.05) is 24.3 Å². The lowest BCUT2D eigenvalue weighted by atomic mass is 9.95. The lowest BCUT2D eigenvalue weighted by Crippen LogP contribution is -2.51. The largest absolute Gasteiger partial charge is 0.308 e. The molecule has 1 N–H and O–H groups in total. The Labute approximate surface area is 123 Å². The van der Waals surface area contributed by atoms with E-state index in [2.05, 4.69) is 53.5 Å². The number of hydrogen-bond acceptors (Lipinski definition) is 3. The molecular weight excluding hydrogens is 246 g/mol. The summed E-state index contributed by atoms with van der Waals surface area (Å²) in [5.41, 5.74) is 3.02. The molecule has 2 atom stereocenters. The normalized spacial score (nSPS) is 27.6. The van der Waals surface area contributed by atoms with E-state index in [4.69, 9.17) is 0 Å². The van der Waals surface area contributed by atoms with E-state index in [1.165, 1.54) is 50.0 Å². The van der Waals surface area contributed by atoms with E-state index in [0.29, 0.717) is 6.04 Å². The molecule has 0 amide bonds. The van der Waals surface area contributed by atoms with Gasteiger partial charge in [0.15, 0.2) is 0 Å². The predicted octanol–water partition coefficient (Wildman–Crippen LogP) is 1.73. The fraction of sp³-hybridized carbons (Fsp3) is 0.647. The van der Waals surface area contributed by atoms with Crippen LogP contribution in [0.4, 0.5) is 0 Å². The summed E-state index contributed by atoms with van der Waals surface area (Å²) in [5, 5.41) is 3.71. The van der Waals surface area contributed by atoms with Crippen molar-refractivity contribution in [2.45, 2.75) is 37.9 Å². The van der Waals surface area contributed by atoms with Gasteiger partial charge < -0.3 is 15.1 Å². The molecule has 0 aromatic heterocycles. The maximum atomic E-state index is 3.71. The Morgan fingerprint density at radius 2 is 2.05 bits per heavy atom. The summed E-state index contributed by atoms with van der Waals surface area (Å²) in [7, 11) is 4.42. The Morgan fingerprint density at radius 3 is 2.85 bits per heavy atom. The van der Waals surface area contributed by atoms with Gasteiger partial charge in [-0.25, -0.2) is 0 Å². The summed E-state index contributed by atoms with van der Waals surface area (Å²) in [6.07, 6.45) is 3.87. The van der Waals surface area contributed by atoms with Crippen LogP contribution >= 0.6 is 0 Å². The van der Waals surface area contributed by atoms with Gasteiger partial charge in [0.1, 0.15) is 0 Å². The molecular formula is C17H27N3. The SMILES string of the molecule is CN(C)C1CCCN(CC2Cc3ccccc3CN2)C1. The van der Waals surface area contributed by atoms with Crippen LogP contribution in [0.5, 0.6) is 0 Å². The number of fused-ring (bicyclic) bond motifs is 1. The zero-order valence-corrected chi connectivity index (χ0v) is 12.8. The molecule has 0 radical (unpaired) electrons. The highest BCUT2D eigenvalue weighted by molar-refractivity contribution is 5.29. The molecule has 2 heterocycles. The third kappa shape index (κ3) is 3.22. The van der Waals surface area contributed by atoms with Crippen molar-refractivity contribution in [1.29, 1.82) is 0 Å². The number of piperidine rings is 1. The Hall–Kier alpha value is -0.900. The van der Waals surface area contributed by atoms with Gasteiger partial charge in [0.2, 0.25) is 0 Å². The maximum Gasteiger partial charge on any atom is 0.0238 e. The summed E-state index contributed by atoms with van der Waals surface area (Å²) < 4.78 is 0. The van der Waals surface area contributed by atoms with E-state index in [9.17, 15) is 0 Å². The Morgan fingerprint density at radius 1 is 1.25 bits per heavy atom. The molecule has 3 rings (SSSR count). The van der Waals surface area contributed by atoms with Crippen molar-refractivity contribution in [2.24, 2.45) is 0 Å². The zero-order chi connectivity index (χ0) is 13.9. The first-order valence-corrected chi connectivity index (χ1v) is 7.91. The highest BCUT2D eigenvalue weighted by Gasteiger charge is 2.25. The van der Waals surface area contributed by atoms with E-state index in [1.807, 2.05) is 0 Å². The number of likely N-dealkylation sites (N-methyl/N-ethyl adjacent to an activating group) is 1. The Bertz CT molecular complexity index is 444. The Kier molecular flexibility index (Phi) is 4.39. The quantitative estimate of drug-likeness (QED) is 0.905. The molecule has 0 aliphatic carbocycles. The van der Waals surface area contributed by atoms with Gasteiger partial charge >= 0.3 is 0 Å². The third-order valence-electron chi connectivity index (χ3n) is 4.86. The number of rotatable bonds is 3. The van der Waals surface area contributed by atoms with Crippen molar-refractivity contribution in [2.75, 3.05) is 33.7 Å². The minimum atomic E-state index is 0.616. The summed E-state index contributed by atoms with van der Waals surface area (Å²) in [5.74, 6) is 0. The van der Waals surface area contributed by atoms with Crippen LogP contribution < -0.4 is 5.32 Å². The van der Waals surface area contributed by atoms with Crippen LogP contribution in [0, 0.1) is 0 Å². The van der Waals surface area contributed by atoms with Crippen LogP contribution in [0.1, 0.15) is 24.0 Å². The average Bonchev–Trinajstić information content (AvgIpc) is 2.47. The van der Waals surface area contributed by atoms with Crippen LogP contribution in [0.3, 0.4) is 0 Å². The van der Waals surface area contributed by atoms with Crippen molar-refractivity contribution < 1.29 is 0 Å². The molecule has 3 nitrogen and oxygen atoms in total. The van der Waals surface area contributed by atoms with Gasteiger partial charge in [0, 0.05) is 31.7 Å². The van der Waals surface area contributed by atoms with Gasteiger partial charge in [-0.3, -0.25) is 0 Å². The van der Waals surface area contributed by atoms with E-state index in [1.54, 1.807) is 0 Å². The van der Waals surface area contributed by atoms with E-state index in [-0.39, 0.29) is 0 Å². The fourth-order valence-corrected chi connectivity index (χ4v) is 3.58. The number of hydrogen-bond donors (Lipinski definition) is 1. The van der Waals surface area contributed by atoms with Crippen LogP contribution in [-0.4, -0.2) is 55.6 Å². The molecule has 1 aromatic rings. The summed E-state index contributed by atoms with van der Waals surface area (Å²) in [4.78, 5) is 5.04. The molecule has 0 bridgehead atoms. The molecule has 20 heavy (non-hydrogen) atoms. The smallest absolute Gasteiger partial charge is 0.0238 e. The summed E-state index contributed by atoms with van der Waals surface area (Å²) in [6.45, 7) is 4.72. The average molecular weight is 273 g/mol. The molecule has 3 heteroatoms. The first-order chi connectivity index (χ1) is 9.72. The van der Waals surface area contributed by atoms with Crippen molar-refractivity contribution >= 4 is 0 Å². The number of nitrogens with one attached hydrogen (secondary N) is 1. The molecule has 0 spiro atoms. The molecule has 2 unspecified atom stereocenters. The van der Waals surface area contributed by atoms with Crippen LogP contribution in [0.2, 0.25) is 0 Å². The highest BCUT2D eigenvalue weighted by Crippen LogP contribution is 2.19. The first kappa shape index (κ1) is 14.1. The second-order valence-corrected chi connectivity index (χ2v) is 6.57. The lowest BCUT2D eigenvalue weighted by Gasteiger charge is -2.38. The van der Waals surface area contributed by atoms with E-state index >= 15 is 0 Å². The van der Waals surface area contributed by atoms with Crippen LogP contribution in [0.15, 0.2) is 24.3 Å². The van der Waals surface area contributed by atoms with Gasteiger partial charge in [0.05, 0.1) is 0 Å². The summed E-state index contributed by atoms with van der Waals surface area (Å²) >= 11 is 0. The van der Waals surface area contributed by atoms with Crippen molar-refractivity contribution in [3.63, 3.8) is 0 Å². The van der Waals surface area contributed by atoms with Crippen LogP contribution in [-0.2, 0) is 13.0 Å². The molecule has 2 aliphatic heterocycles. The zero-order valence-electron chi connectivity index (χ0n) is 12.8. The minimum Gasteiger partial charge on any atom is -0.308 e. The highest BCUT2D eigenvalue weighted by atomic mass is 15.2. The van der Waals surface area contributed by atoms with Crippen LogP contribution in [0.25, 0.3) is 0 Å². The van der Waals surface area contributed by atoms with Gasteiger partial charge in [-0.15, -0.1) is 0 Å². The molecule has 1 fully saturated rings. The first-order valence-electron chi connectivity index (χ1n) is 7.91. The van der Waals surface area contributed by atoms with Gasteiger partial charge in [-0.05, 0) is 51.0 Å². The maximum absolute atomic E-state index is 3.71. The monoisotopic (exact) mass is 273 g/mol. The second kappa shape index (κ2) is 6.25. The van der Waals surface area contributed by atoms with Crippen molar-refractivity contribution in [3.8, 4) is 0 Å². The second-order valence-electron chi connectivity index (χ2n) is 6.57. The van der Waals surface area contributed by atoms with Crippen molar-refractivity contribution in [1.82, 2.24) is 15.1 Å². The third-order valence-corrected chi connectivity index (χ3v) is 4.86. The van der Waals surface area contributed by atoms with Crippen molar-refractivity contribution in [3.05, 3.63) is 35.4 Å². The number of benzene rings is 1. The molecule has 1 saturated heterocycles. The molecule has 2 aliphatic rings. The van der Waals surface area contributed by atoms with E-state index < -0.39 is 0 Å². The fourth-order valence-electron chi connectivity index (χ4n) is 3.58. The number of likely N-dealkylation sites (tertiary alicyclic amines) is 1. The minimum absolute atomic E-state index is 0.616. The standard InChI is InChI=1S/C17H27N3/c1-19(2)17-8-5-9-20(13-17)12-16-10-14-6-3-4-7-15(14)11-18-16/h3-4,6-7,16-18H,5,8-13H2,1-2H3. The molecule has 110 valence electrons. The van der Waals surface area contributed by atoms with E-state index in [0.717, 1.165) is 12.6 Å². The Balaban J connectivity index is 1.57. The molecule has 0 saturated carbocycles. The predicted molar refractivity (Wildman–Crippen MR) is 83.9 cm³/mol. The summed E-state index contributed by atoms with van der Waals surface area (Å²) in [6, 6.07) is 10.2. The lowest BCUT2D eigenvalue weighted by molar-refractivity contribution is 0.122.